The number of fused-ring (bicyclic) bond motifs is 2. The van der Waals surface area contributed by atoms with E-state index in [0.29, 0.717) is 21.5 Å². The van der Waals surface area contributed by atoms with Gasteiger partial charge in [-0.3, -0.25) is 14.2 Å². The van der Waals surface area contributed by atoms with Crippen LogP contribution in [0.5, 0.6) is 5.75 Å². The van der Waals surface area contributed by atoms with E-state index in [1.165, 1.54) is 22.2 Å². The number of ketones is 1. The predicted octanol–water partition coefficient (Wildman–Crippen LogP) is 5.17. The van der Waals surface area contributed by atoms with Gasteiger partial charge in [-0.15, -0.1) is 11.3 Å². The first-order valence-electron chi connectivity index (χ1n) is 9.77. The minimum Gasteiger partial charge on any atom is -0.497 e. The summed E-state index contributed by atoms with van der Waals surface area (Å²) in [6.07, 6.45) is 1.45. The molecule has 0 radical (unpaired) electrons. The van der Waals surface area contributed by atoms with Crippen LogP contribution in [0, 0.1) is 0 Å². The molecule has 3 aromatic carbocycles. The van der Waals surface area contributed by atoms with E-state index in [1.54, 1.807) is 31.4 Å². The molecule has 0 spiro atoms. The van der Waals surface area contributed by atoms with Gasteiger partial charge >= 0.3 is 0 Å². The SMILES string of the molecule is COc1ccc(C(=O)Cn2cnc3scc(-c4ccc5ccccc5c4)c3c2=O)cc1. The number of ether oxygens (including phenoxy) is 1. The fourth-order valence-electron chi connectivity index (χ4n) is 3.67. The maximum absolute atomic E-state index is 13.3. The zero-order valence-corrected chi connectivity index (χ0v) is 17.6. The fourth-order valence-corrected chi connectivity index (χ4v) is 4.58. The standard InChI is InChI=1S/C25H18N2O3S/c1-30-20-10-8-17(9-11-20)22(28)13-27-15-26-24-23(25(27)29)21(14-31-24)19-7-6-16-4-2-3-5-18(16)12-19/h2-12,14-15H,13H2,1H3. The van der Waals surface area contributed by atoms with Crippen molar-refractivity contribution in [1.29, 1.82) is 0 Å². The summed E-state index contributed by atoms with van der Waals surface area (Å²) in [6.45, 7) is -0.0683. The summed E-state index contributed by atoms with van der Waals surface area (Å²) in [4.78, 5) is 31.1. The molecule has 0 aliphatic rings. The molecule has 5 aromatic rings. The summed E-state index contributed by atoms with van der Waals surface area (Å²) in [5, 5.41) is 4.76. The highest BCUT2D eigenvalue weighted by Crippen LogP contribution is 2.32. The second-order valence-corrected chi connectivity index (χ2v) is 8.08. The number of carbonyl (C=O) groups is 1. The van der Waals surface area contributed by atoms with Crippen LogP contribution in [-0.4, -0.2) is 22.4 Å². The number of aromatic nitrogens is 2. The molecule has 0 N–H and O–H groups in total. The van der Waals surface area contributed by atoms with Crippen molar-refractivity contribution < 1.29 is 9.53 Å². The van der Waals surface area contributed by atoms with Crippen molar-refractivity contribution in [3.8, 4) is 16.9 Å². The Labute approximate surface area is 182 Å². The number of rotatable bonds is 5. The lowest BCUT2D eigenvalue weighted by Gasteiger charge is -2.07. The third-order valence-electron chi connectivity index (χ3n) is 5.35. The maximum atomic E-state index is 13.3. The Morgan fingerprint density at radius 2 is 1.81 bits per heavy atom. The van der Waals surface area contributed by atoms with Gasteiger partial charge in [0.25, 0.3) is 5.56 Å². The number of carbonyl (C=O) groups excluding carboxylic acids is 1. The first kappa shape index (κ1) is 19.2. The third kappa shape index (κ3) is 3.51. The fraction of sp³-hybridized carbons (Fsp3) is 0.0800. The van der Waals surface area contributed by atoms with E-state index in [2.05, 4.69) is 29.2 Å². The van der Waals surface area contributed by atoms with Crippen LogP contribution in [0.25, 0.3) is 32.1 Å². The maximum Gasteiger partial charge on any atom is 0.263 e. The van der Waals surface area contributed by atoms with Crippen LogP contribution in [0.2, 0.25) is 0 Å². The average Bonchev–Trinajstić information content (AvgIpc) is 3.25. The molecule has 0 fully saturated rings. The number of nitrogens with zero attached hydrogens (tertiary/aromatic N) is 2. The molecule has 5 rings (SSSR count). The van der Waals surface area contributed by atoms with Crippen LogP contribution in [0.1, 0.15) is 10.4 Å². The Balaban J connectivity index is 1.54. The Morgan fingerprint density at radius 3 is 2.58 bits per heavy atom. The number of benzene rings is 3. The lowest BCUT2D eigenvalue weighted by molar-refractivity contribution is 0.0970. The van der Waals surface area contributed by atoms with Gasteiger partial charge in [-0.25, -0.2) is 4.98 Å². The van der Waals surface area contributed by atoms with E-state index in [4.69, 9.17) is 4.74 Å². The van der Waals surface area contributed by atoms with Gasteiger partial charge in [-0.2, -0.15) is 0 Å². The highest BCUT2D eigenvalue weighted by atomic mass is 32.1. The van der Waals surface area contributed by atoms with E-state index in [0.717, 1.165) is 21.9 Å². The van der Waals surface area contributed by atoms with Crippen LogP contribution in [0.3, 0.4) is 0 Å². The second-order valence-electron chi connectivity index (χ2n) is 7.22. The van der Waals surface area contributed by atoms with Crippen molar-refractivity contribution >= 4 is 38.1 Å². The highest BCUT2D eigenvalue weighted by Gasteiger charge is 2.16. The summed E-state index contributed by atoms with van der Waals surface area (Å²) in [6, 6.07) is 21.1. The van der Waals surface area contributed by atoms with E-state index in [1.807, 2.05) is 23.6 Å². The van der Waals surface area contributed by atoms with Gasteiger partial charge in [0.15, 0.2) is 5.78 Å². The minimum atomic E-state index is -0.212. The second kappa shape index (κ2) is 7.81. The summed E-state index contributed by atoms with van der Waals surface area (Å²) in [5.74, 6) is 0.517. The summed E-state index contributed by atoms with van der Waals surface area (Å²) in [5.41, 5.74) is 2.11. The number of Topliss-reactive ketones (excluding diaryl/α,β-unsaturated/α-hetero) is 1. The van der Waals surface area contributed by atoms with Crippen LogP contribution in [0.4, 0.5) is 0 Å². The van der Waals surface area contributed by atoms with E-state index in [9.17, 15) is 9.59 Å². The summed E-state index contributed by atoms with van der Waals surface area (Å²) in [7, 11) is 1.57. The molecule has 0 unspecified atom stereocenters. The average molecular weight is 426 g/mol. The van der Waals surface area contributed by atoms with Crippen LogP contribution < -0.4 is 10.3 Å². The number of thiophene rings is 1. The number of hydrogen-bond acceptors (Lipinski definition) is 5. The van der Waals surface area contributed by atoms with Crippen molar-refractivity contribution in [1.82, 2.24) is 9.55 Å². The number of methoxy groups -OCH3 is 1. The third-order valence-corrected chi connectivity index (χ3v) is 6.23. The van der Waals surface area contributed by atoms with Crippen LogP contribution in [0.15, 0.2) is 83.2 Å². The Hall–Kier alpha value is -3.77. The highest BCUT2D eigenvalue weighted by molar-refractivity contribution is 7.17. The van der Waals surface area contributed by atoms with Crippen molar-refractivity contribution in [2.75, 3.05) is 7.11 Å². The van der Waals surface area contributed by atoms with Crippen molar-refractivity contribution in [2.24, 2.45) is 0 Å². The molecule has 152 valence electrons. The molecule has 2 aromatic heterocycles. The molecular formula is C25H18N2O3S. The molecule has 0 atom stereocenters. The van der Waals surface area contributed by atoms with E-state index >= 15 is 0 Å². The van der Waals surface area contributed by atoms with E-state index in [-0.39, 0.29) is 17.9 Å². The predicted molar refractivity (Wildman–Crippen MR) is 124 cm³/mol. The van der Waals surface area contributed by atoms with Gasteiger partial charge in [-0.05, 0) is 46.7 Å². The van der Waals surface area contributed by atoms with Gasteiger partial charge in [-0.1, -0.05) is 36.4 Å². The molecule has 31 heavy (non-hydrogen) atoms. The Bertz CT molecular complexity index is 1480. The lowest BCUT2D eigenvalue weighted by atomic mass is 10.0. The van der Waals surface area contributed by atoms with Crippen LogP contribution in [-0.2, 0) is 6.54 Å². The zero-order chi connectivity index (χ0) is 21.4. The Kier molecular flexibility index (Phi) is 4.84. The molecule has 5 nitrogen and oxygen atoms in total. The van der Waals surface area contributed by atoms with Gasteiger partial charge in [0.2, 0.25) is 0 Å². The van der Waals surface area contributed by atoms with Gasteiger partial charge in [0, 0.05) is 16.5 Å². The molecule has 0 saturated heterocycles. The smallest absolute Gasteiger partial charge is 0.263 e. The van der Waals surface area contributed by atoms with Gasteiger partial charge < -0.3 is 4.74 Å². The zero-order valence-electron chi connectivity index (χ0n) is 16.7. The van der Waals surface area contributed by atoms with Gasteiger partial charge in [0.05, 0.1) is 25.4 Å². The van der Waals surface area contributed by atoms with Crippen molar-refractivity contribution in [3.63, 3.8) is 0 Å². The molecule has 2 heterocycles. The molecule has 0 aliphatic carbocycles. The monoisotopic (exact) mass is 426 g/mol. The lowest BCUT2D eigenvalue weighted by Crippen LogP contribution is -2.24. The molecule has 0 aliphatic heterocycles. The quantitative estimate of drug-likeness (QED) is 0.364. The van der Waals surface area contributed by atoms with Gasteiger partial charge in [0.1, 0.15) is 10.6 Å². The normalized spacial score (nSPS) is 11.1. The first-order chi connectivity index (χ1) is 15.1. The van der Waals surface area contributed by atoms with Crippen molar-refractivity contribution in [2.45, 2.75) is 6.54 Å². The topological polar surface area (TPSA) is 61.2 Å². The largest absolute Gasteiger partial charge is 0.497 e. The molecule has 0 amide bonds. The van der Waals surface area contributed by atoms with Crippen LogP contribution >= 0.6 is 11.3 Å². The van der Waals surface area contributed by atoms with Crippen molar-refractivity contribution in [3.05, 3.63) is 94.4 Å². The number of hydrogen-bond donors (Lipinski definition) is 0. The molecule has 0 saturated carbocycles. The summed E-state index contributed by atoms with van der Waals surface area (Å²) >= 11 is 1.43. The molecular weight excluding hydrogens is 408 g/mol. The first-order valence-corrected chi connectivity index (χ1v) is 10.6. The Morgan fingerprint density at radius 1 is 1.03 bits per heavy atom. The molecule has 6 heteroatoms. The molecule has 0 bridgehead atoms. The minimum absolute atomic E-state index is 0.0683. The van der Waals surface area contributed by atoms with E-state index < -0.39 is 0 Å². The summed E-state index contributed by atoms with van der Waals surface area (Å²) < 4.78 is 6.51.